The lowest BCUT2D eigenvalue weighted by Gasteiger charge is -2.35. The van der Waals surface area contributed by atoms with Gasteiger partial charge in [0, 0.05) is 36.7 Å². The first-order chi connectivity index (χ1) is 9.52. The van der Waals surface area contributed by atoms with Crippen molar-refractivity contribution >= 4 is 17.1 Å². The van der Waals surface area contributed by atoms with Crippen LogP contribution in [-0.2, 0) is 4.74 Å². The first-order valence-electron chi connectivity index (χ1n) is 6.92. The number of hydrogen-bond acceptors (Lipinski definition) is 5. The van der Waals surface area contributed by atoms with Crippen LogP contribution in [0.15, 0.2) is 18.2 Å². The molecule has 1 atom stereocenters. The largest absolute Gasteiger partial charge is 0.385 e. The van der Waals surface area contributed by atoms with Crippen molar-refractivity contribution in [3.63, 3.8) is 0 Å². The molecule has 1 aromatic rings. The Labute approximate surface area is 118 Å². The van der Waals surface area contributed by atoms with Crippen molar-refractivity contribution in [1.29, 1.82) is 0 Å². The highest BCUT2D eigenvalue weighted by Crippen LogP contribution is 2.29. The molecular weight excluding hydrogens is 258 g/mol. The number of nitro benzene ring substituents is 1. The second-order valence-corrected chi connectivity index (χ2v) is 5.40. The first-order valence-corrected chi connectivity index (χ1v) is 6.92. The number of rotatable bonds is 5. The molecule has 1 unspecified atom stereocenters. The monoisotopic (exact) mass is 279 g/mol. The van der Waals surface area contributed by atoms with E-state index in [2.05, 4.69) is 17.6 Å². The molecule has 0 saturated carbocycles. The average molecular weight is 279 g/mol. The van der Waals surface area contributed by atoms with Crippen LogP contribution in [0.3, 0.4) is 0 Å². The van der Waals surface area contributed by atoms with Gasteiger partial charge in [0.1, 0.15) is 0 Å². The van der Waals surface area contributed by atoms with Crippen LogP contribution in [0.1, 0.15) is 26.7 Å². The van der Waals surface area contributed by atoms with E-state index in [0.717, 1.165) is 37.4 Å². The van der Waals surface area contributed by atoms with Crippen molar-refractivity contribution in [2.45, 2.75) is 32.2 Å². The number of ether oxygens (including phenoxy) is 1. The normalized spacial score (nSPS) is 22.3. The number of benzene rings is 1. The number of anilines is 2. The molecule has 1 aromatic carbocycles. The van der Waals surface area contributed by atoms with E-state index in [1.807, 2.05) is 13.0 Å². The predicted octanol–water partition coefficient (Wildman–Crippen LogP) is 3.01. The zero-order valence-corrected chi connectivity index (χ0v) is 11.9. The molecule has 2 rings (SSSR count). The van der Waals surface area contributed by atoms with E-state index < -0.39 is 0 Å². The number of nitro groups is 1. The molecule has 110 valence electrons. The third-order valence-corrected chi connectivity index (χ3v) is 3.39. The summed E-state index contributed by atoms with van der Waals surface area (Å²) in [5.41, 5.74) is 1.43. The Morgan fingerprint density at radius 1 is 1.40 bits per heavy atom. The van der Waals surface area contributed by atoms with Crippen molar-refractivity contribution in [1.82, 2.24) is 0 Å². The fourth-order valence-electron chi connectivity index (χ4n) is 2.48. The Bertz CT molecular complexity index is 485. The summed E-state index contributed by atoms with van der Waals surface area (Å²) >= 11 is 0. The molecule has 0 bridgehead atoms. The predicted molar refractivity (Wildman–Crippen MR) is 79.3 cm³/mol. The summed E-state index contributed by atoms with van der Waals surface area (Å²) in [5, 5.41) is 17.5. The molecule has 0 radical (unpaired) electrons. The van der Waals surface area contributed by atoms with Crippen molar-refractivity contribution in [2.75, 3.05) is 30.4 Å². The van der Waals surface area contributed by atoms with Gasteiger partial charge >= 0.3 is 0 Å². The standard InChI is InChI=1S/C14H21N3O3/c1-3-15-11-7-12(9-13(8-11)17(18)19)16-14(2)5-4-6-20-10-14/h7-9,15-16H,3-6,10H2,1-2H3. The second kappa shape index (κ2) is 6.09. The SMILES string of the molecule is CCNc1cc(NC2(C)CCCOC2)cc([N+](=O)[O-])c1. The summed E-state index contributed by atoms with van der Waals surface area (Å²) in [5.74, 6) is 0. The Hall–Kier alpha value is -1.82. The van der Waals surface area contributed by atoms with Crippen LogP contribution in [-0.4, -0.2) is 30.2 Å². The summed E-state index contributed by atoms with van der Waals surface area (Å²) in [7, 11) is 0. The maximum Gasteiger partial charge on any atom is 0.273 e. The Morgan fingerprint density at radius 3 is 2.75 bits per heavy atom. The zero-order valence-electron chi connectivity index (χ0n) is 11.9. The number of nitrogens with one attached hydrogen (secondary N) is 2. The van der Waals surface area contributed by atoms with E-state index in [1.165, 1.54) is 0 Å². The molecular formula is C14H21N3O3. The van der Waals surface area contributed by atoms with E-state index in [1.54, 1.807) is 12.1 Å². The Balaban J connectivity index is 2.23. The Kier molecular flexibility index (Phi) is 4.44. The van der Waals surface area contributed by atoms with E-state index in [4.69, 9.17) is 4.74 Å². The van der Waals surface area contributed by atoms with Gasteiger partial charge in [-0.3, -0.25) is 10.1 Å². The first kappa shape index (κ1) is 14.6. The third-order valence-electron chi connectivity index (χ3n) is 3.39. The van der Waals surface area contributed by atoms with Crippen molar-refractivity contribution in [3.05, 3.63) is 28.3 Å². The zero-order chi connectivity index (χ0) is 14.6. The van der Waals surface area contributed by atoms with Gasteiger partial charge in [-0.15, -0.1) is 0 Å². The van der Waals surface area contributed by atoms with Crippen molar-refractivity contribution in [3.8, 4) is 0 Å². The molecule has 1 heterocycles. The summed E-state index contributed by atoms with van der Waals surface area (Å²) in [6.07, 6.45) is 1.99. The smallest absolute Gasteiger partial charge is 0.273 e. The fourth-order valence-corrected chi connectivity index (χ4v) is 2.48. The van der Waals surface area contributed by atoms with Crippen LogP contribution in [0.4, 0.5) is 17.1 Å². The van der Waals surface area contributed by atoms with Gasteiger partial charge in [0.25, 0.3) is 5.69 Å². The van der Waals surface area contributed by atoms with Crippen LogP contribution in [0.5, 0.6) is 0 Å². The minimum atomic E-state index is -0.369. The number of non-ortho nitro benzene ring substituents is 1. The molecule has 20 heavy (non-hydrogen) atoms. The lowest BCUT2D eigenvalue weighted by atomic mass is 9.94. The van der Waals surface area contributed by atoms with Crippen molar-refractivity contribution < 1.29 is 9.66 Å². The van der Waals surface area contributed by atoms with E-state index in [-0.39, 0.29) is 16.1 Å². The molecule has 1 saturated heterocycles. The highest BCUT2D eigenvalue weighted by molar-refractivity contribution is 5.64. The minimum Gasteiger partial charge on any atom is -0.385 e. The van der Waals surface area contributed by atoms with E-state index in [9.17, 15) is 10.1 Å². The minimum absolute atomic E-state index is 0.0891. The van der Waals surface area contributed by atoms with Gasteiger partial charge in [-0.2, -0.15) is 0 Å². The van der Waals surface area contributed by atoms with Gasteiger partial charge < -0.3 is 15.4 Å². The highest BCUT2D eigenvalue weighted by Gasteiger charge is 2.27. The number of nitrogens with zero attached hydrogens (tertiary/aromatic N) is 1. The quantitative estimate of drug-likeness (QED) is 0.640. The van der Waals surface area contributed by atoms with Gasteiger partial charge in [-0.05, 0) is 32.8 Å². The lowest BCUT2D eigenvalue weighted by molar-refractivity contribution is -0.384. The van der Waals surface area contributed by atoms with Gasteiger partial charge in [0.15, 0.2) is 0 Å². The number of hydrogen-bond donors (Lipinski definition) is 2. The summed E-state index contributed by atoms with van der Waals surface area (Å²) in [4.78, 5) is 10.6. The Morgan fingerprint density at radius 2 is 2.15 bits per heavy atom. The van der Waals surface area contributed by atoms with Crippen LogP contribution in [0.2, 0.25) is 0 Å². The van der Waals surface area contributed by atoms with Crippen LogP contribution >= 0.6 is 0 Å². The molecule has 0 spiro atoms. The van der Waals surface area contributed by atoms with Gasteiger partial charge in [-0.1, -0.05) is 0 Å². The molecule has 1 fully saturated rings. The van der Waals surface area contributed by atoms with Gasteiger partial charge in [-0.25, -0.2) is 0 Å². The average Bonchev–Trinajstić information content (AvgIpc) is 2.39. The molecule has 6 heteroatoms. The molecule has 1 aliphatic heterocycles. The van der Waals surface area contributed by atoms with Gasteiger partial charge in [0.2, 0.25) is 0 Å². The maximum atomic E-state index is 11.0. The molecule has 6 nitrogen and oxygen atoms in total. The van der Waals surface area contributed by atoms with Crippen LogP contribution in [0, 0.1) is 10.1 Å². The molecule has 0 amide bonds. The fraction of sp³-hybridized carbons (Fsp3) is 0.571. The summed E-state index contributed by atoms with van der Waals surface area (Å²) < 4.78 is 5.50. The topological polar surface area (TPSA) is 76.4 Å². The van der Waals surface area contributed by atoms with E-state index >= 15 is 0 Å². The van der Waals surface area contributed by atoms with Crippen molar-refractivity contribution in [2.24, 2.45) is 0 Å². The van der Waals surface area contributed by atoms with E-state index in [0.29, 0.717) is 6.61 Å². The highest BCUT2D eigenvalue weighted by atomic mass is 16.6. The van der Waals surface area contributed by atoms with Crippen LogP contribution < -0.4 is 10.6 Å². The second-order valence-electron chi connectivity index (χ2n) is 5.40. The third kappa shape index (κ3) is 3.60. The molecule has 1 aliphatic rings. The molecule has 2 N–H and O–H groups in total. The summed E-state index contributed by atoms with van der Waals surface area (Å²) in [6.45, 7) is 6.17. The molecule has 0 aromatic heterocycles. The van der Waals surface area contributed by atoms with Crippen LogP contribution in [0.25, 0.3) is 0 Å². The summed E-state index contributed by atoms with van der Waals surface area (Å²) in [6, 6.07) is 5.02. The lowest BCUT2D eigenvalue weighted by Crippen LogP contribution is -2.43. The molecule has 0 aliphatic carbocycles. The van der Waals surface area contributed by atoms with Gasteiger partial charge in [0.05, 0.1) is 17.1 Å². The maximum absolute atomic E-state index is 11.0.